The molecule has 0 aromatic carbocycles. The third-order valence-electron chi connectivity index (χ3n) is 2.90. The van der Waals surface area contributed by atoms with Gasteiger partial charge in [0.1, 0.15) is 5.69 Å². The molecule has 0 bridgehead atoms. The zero-order valence-electron chi connectivity index (χ0n) is 11.5. The molecule has 1 unspecified atom stereocenters. The average Bonchev–Trinajstić information content (AvgIpc) is 2.60. The highest BCUT2D eigenvalue weighted by Gasteiger charge is 2.23. The third kappa shape index (κ3) is 3.80. The van der Waals surface area contributed by atoms with Crippen LogP contribution in [-0.4, -0.2) is 27.1 Å². The predicted octanol–water partition coefficient (Wildman–Crippen LogP) is 1.89. The highest BCUT2D eigenvalue weighted by molar-refractivity contribution is 5.27. The maximum absolute atomic E-state index is 10.9. The predicted molar refractivity (Wildman–Crippen MR) is 70.5 cm³/mol. The van der Waals surface area contributed by atoms with Gasteiger partial charge in [-0.1, -0.05) is 20.8 Å². The summed E-state index contributed by atoms with van der Waals surface area (Å²) in [5, 5.41) is 14.3. The van der Waals surface area contributed by atoms with Crippen molar-refractivity contribution in [3.05, 3.63) is 22.1 Å². The summed E-state index contributed by atoms with van der Waals surface area (Å²) in [6, 6.07) is 0.254. The fourth-order valence-electron chi connectivity index (χ4n) is 2.16. The van der Waals surface area contributed by atoms with Gasteiger partial charge in [0.15, 0.2) is 0 Å². The van der Waals surface area contributed by atoms with E-state index in [1.807, 2.05) is 6.92 Å². The van der Waals surface area contributed by atoms with E-state index >= 15 is 0 Å². The van der Waals surface area contributed by atoms with Crippen molar-refractivity contribution < 1.29 is 4.92 Å². The molecule has 0 aliphatic heterocycles. The normalized spacial score (nSPS) is 12.9. The number of aromatic nitrogens is 2. The Hall–Kier alpha value is -1.43. The molecule has 6 heteroatoms. The van der Waals surface area contributed by atoms with Crippen LogP contribution in [0.1, 0.15) is 32.9 Å². The fraction of sp³-hybridized carbons (Fsp3) is 0.750. The first kappa shape index (κ1) is 14.6. The van der Waals surface area contributed by atoms with Gasteiger partial charge in [0.25, 0.3) is 0 Å². The van der Waals surface area contributed by atoms with E-state index in [2.05, 4.69) is 24.1 Å². The summed E-state index contributed by atoms with van der Waals surface area (Å²) in [6.07, 6.45) is 3.14. The maximum atomic E-state index is 10.9. The van der Waals surface area contributed by atoms with Crippen LogP contribution in [0.2, 0.25) is 0 Å². The lowest BCUT2D eigenvalue weighted by Crippen LogP contribution is -2.33. The Morgan fingerprint density at radius 2 is 2.22 bits per heavy atom. The summed E-state index contributed by atoms with van der Waals surface area (Å²) < 4.78 is 1.74. The maximum Gasteiger partial charge on any atom is 0.384 e. The zero-order chi connectivity index (χ0) is 13.7. The van der Waals surface area contributed by atoms with Crippen molar-refractivity contribution in [2.24, 2.45) is 13.0 Å². The smallest absolute Gasteiger partial charge is 0.358 e. The lowest BCUT2D eigenvalue weighted by atomic mass is 9.99. The van der Waals surface area contributed by atoms with Crippen LogP contribution < -0.4 is 5.32 Å². The number of hydrogen-bond acceptors (Lipinski definition) is 4. The topological polar surface area (TPSA) is 73.0 Å². The van der Waals surface area contributed by atoms with E-state index in [0.29, 0.717) is 18.0 Å². The van der Waals surface area contributed by atoms with Gasteiger partial charge in [-0.15, -0.1) is 0 Å². The van der Waals surface area contributed by atoms with E-state index in [-0.39, 0.29) is 11.9 Å². The van der Waals surface area contributed by atoms with Gasteiger partial charge in [0.05, 0.1) is 0 Å². The lowest BCUT2D eigenvalue weighted by Gasteiger charge is -2.19. The minimum atomic E-state index is -0.409. The molecule has 1 rings (SSSR count). The van der Waals surface area contributed by atoms with Crippen LogP contribution in [0.4, 0.5) is 5.82 Å². The molecule has 102 valence electrons. The number of nitro groups is 1. The molecule has 0 spiro atoms. The number of likely N-dealkylation sites (N-methyl/N-ethyl adjacent to an activating group) is 1. The van der Waals surface area contributed by atoms with Crippen molar-refractivity contribution in [3.63, 3.8) is 0 Å². The standard InChI is InChI=1S/C12H22N4O2/c1-5-13-10(6-9(2)3)7-11-12(16(17)18)14-8-15(11)4/h8-10,13H,5-7H2,1-4H3. The van der Waals surface area contributed by atoms with E-state index in [4.69, 9.17) is 0 Å². The summed E-state index contributed by atoms with van der Waals surface area (Å²) in [7, 11) is 1.80. The van der Waals surface area contributed by atoms with Crippen molar-refractivity contribution in [1.29, 1.82) is 0 Å². The highest BCUT2D eigenvalue weighted by Crippen LogP contribution is 2.19. The molecular formula is C12H22N4O2. The molecule has 0 amide bonds. The van der Waals surface area contributed by atoms with Crippen molar-refractivity contribution in [3.8, 4) is 0 Å². The number of imidazole rings is 1. The molecular weight excluding hydrogens is 232 g/mol. The fourth-order valence-corrected chi connectivity index (χ4v) is 2.16. The molecule has 18 heavy (non-hydrogen) atoms. The quantitative estimate of drug-likeness (QED) is 0.595. The molecule has 1 aromatic heterocycles. The number of hydrogen-bond donors (Lipinski definition) is 1. The van der Waals surface area contributed by atoms with E-state index in [0.717, 1.165) is 13.0 Å². The summed E-state index contributed by atoms with van der Waals surface area (Å²) in [5.74, 6) is 0.533. The Labute approximate surface area is 108 Å². The largest absolute Gasteiger partial charge is 0.384 e. The average molecular weight is 254 g/mol. The second-order valence-electron chi connectivity index (χ2n) is 4.97. The van der Waals surface area contributed by atoms with Crippen LogP contribution in [0, 0.1) is 16.0 Å². The Morgan fingerprint density at radius 3 is 2.72 bits per heavy atom. The highest BCUT2D eigenvalue weighted by atomic mass is 16.6. The minimum absolute atomic E-state index is 0.0239. The van der Waals surface area contributed by atoms with Crippen molar-refractivity contribution >= 4 is 5.82 Å². The number of aryl methyl sites for hydroxylation is 1. The molecule has 1 atom stereocenters. The van der Waals surface area contributed by atoms with Gasteiger partial charge in [-0.25, -0.2) is 0 Å². The first-order valence-corrected chi connectivity index (χ1v) is 6.33. The van der Waals surface area contributed by atoms with Crippen LogP contribution in [0.3, 0.4) is 0 Å². The summed E-state index contributed by atoms with van der Waals surface area (Å²) >= 11 is 0. The van der Waals surface area contributed by atoms with E-state index < -0.39 is 4.92 Å². The first-order valence-electron chi connectivity index (χ1n) is 6.33. The van der Waals surface area contributed by atoms with E-state index in [1.54, 1.807) is 11.6 Å². The van der Waals surface area contributed by atoms with Gasteiger partial charge in [-0.3, -0.25) is 0 Å². The molecule has 0 radical (unpaired) electrons. The minimum Gasteiger partial charge on any atom is -0.358 e. The first-order chi connectivity index (χ1) is 8.45. The second-order valence-corrected chi connectivity index (χ2v) is 4.97. The Balaban J connectivity index is 2.85. The van der Waals surface area contributed by atoms with Gasteiger partial charge < -0.3 is 20.0 Å². The van der Waals surface area contributed by atoms with Crippen molar-refractivity contribution in [2.75, 3.05) is 6.54 Å². The number of nitrogens with zero attached hydrogens (tertiary/aromatic N) is 3. The molecule has 1 N–H and O–H groups in total. The van der Waals surface area contributed by atoms with Crippen molar-refractivity contribution in [2.45, 2.75) is 39.7 Å². The summed E-state index contributed by atoms with van der Waals surface area (Å²) in [4.78, 5) is 14.3. The van der Waals surface area contributed by atoms with Crippen LogP contribution in [0.25, 0.3) is 0 Å². The van der Waals surface area contributed by atoms with Gasteiger partial charge in [0, 0.05) is 19.5 Å². The number of nitrogens with one attached hydrogen (secondary N) is 1. The Morgan fingerprint density at radius 1 is 1.56 bits per heavy atom. The molecule has 0 saturated carbocycles. The monoisotopic (exact) mass is 254 g/mol. The van der Waals surface area contributed by atoms with Gasteiger partial charge in [-0.2, -0.15) is 0 Å². The van der Waals surface area contributed by atoms with Crippen LogP contribution in [0.15, 0.2) is 6.33 Å². The molecule has 0 aliphatic carbocycles. The van der Waals surface area contributed by atoms with E-state index in [1.165, 1.54) is 6.33 Å². The lowest BCUT2D eigenvalue weighted by molar-refractivity contribution is -0.390. The zero-order valence-corrected chi connectivity index (χ0v) is 11.5. The third-order valence-corrected chi connectivity index (χ3v) is 2.90. The molecule has 6 nitrogen and oxygen atoms in total. The van der Waals surface area contributed by atoms with Crippen LogP contribution in [-0.2, 0) is 13.5 Å². The Kier molecular flexibility index (Phi) is 5.27. The SMILES string of the molecule is CCNC(Cc1c([N+](=O)[O-])ncn1C)CC(C)C. The van der Waals surface area contributed by atoms with Crippen LogP contribution in [0.5, 0.6) is 0 Å². The number of rotatable bonds is 7. The van der Waals surface area contributed by atoms with Crippen molar-refractivity contribution in [1.82, 2.24) is 14.9 Å². The van der Waals surface area contributed by atoms with Gasteiger partial charge in [0.2, 0.25) is 6.33 Å². The molecule has 1 heterocycles. The molecule has 0 fully saturated rings. The van der Waals surface area contributed by atoms with Gasteiger partial charge in [-0.05, 0) is 28.8 Å². The Bertz CT molecular complexity index is 401. The summed E-state index contributed by atoms with van der Waals surface area (Å²) in [5.41, 5.74) is 0.687. The van der Waals surface area contributed by atoms with Gasteiger partial charge >= 0.3 is 5.82 Å². The van der Waals surface area contributed by atoms with E-state index in [9.17, 15) is 10.1 Å². The summed E-state index contributed by atoms with van der Waals surface area (Å²) in [6.45, 7) is 7.22. The molecule has 1 aromatic rings. The second kappa shape index (κ2) is 6.49. The van der Waals surface area contributed by atoms with Crippen LogP contribution >= 0.6 is 0 Å². The molecule has 0 aliphatic rings. The molecule has 0 saturated heterocycles.